The Hall–Kier alpha value is -0.860. The van der Waals surface area contributed by atoms with Crippen molar-refractivity contribution in [3.05, 3.63) is 0 Å². The molecule has 0 aromatic rings. The number of rotatable bonds is 7. The summed E-state index contributed by atoms with van der Waals surface area (Å²) in [5.41, 5.74) is 0.651. The van der Waals surface area contributed by atoms with Gasteiger partial charge < -0.3 is 4.74 Å². The van der Waals surface area contributed by atoms with E-state index in [2.05, 4.69) is 34.6 Å². The molecule has 4 saturated carbocycles. The fourth-order valence-corrected chi connectivity index (χ4v) is 9.45. The maximum absolute atomic E-state index is 12.8. The van der Waals surface area contributed by atoms with Gasteiger partial charge in [-0.25, -0.2) is 0 Å². The lowest BCUT2D eigenvalue weighted by Gasteiger charge is -2.61. The second-order valence-electron chi connectivity index (χ2n) is 13.4. The SMILES string of the molecule is CCC(=O)OC1C[C@@]2(C)[C@H](CC[C@@H]3[C@@H]2CC[C@]2(C)[C@@H]([C@H](C)CCCC(C)C)CC[C@@H]32)CC1=O. The lowest BCUT2D eigenvalue weighted by molar-refractivity contribution is -0.173. The Morgan fingerprint density at radius 3 is 2.42 bits per heavy atom. The quantitative estimate of drug-likeness (QED) is 0.369. The molecule has 3 nitrogen and oxygen atoms in total. The van der Waals surface area contributed by atoms with Gasteiger partial charge in [0, 0.05) is 12.8 Å². The average Bonchev–Trinajstić information content (AvgIpc) is 3.11. The Labute approximate surface area is 203 Å². The second kappa shape index (κ2) is 9.65. The minimum Gasteiger partial charge on any atom is -0.454 e. The maximum atomic E-state index is 12.8. The molecule has 3 heteroatoms. The fraction of sp³-hybridized carbons (Fsp3) is 0.933. The molecule has 0 amide bonds. The van der Waals surface area contributed by atoms with Gasteiger partial charge in [-0.2, -0.15) is 0 Å². The van der Waals surface area contributed by atoms with Crippen LogP contribution in [0.5, 0.6) is 0 Å². The number of hydrogen-bond acceptors (Lipinski definition) is 3. The lowest BCUT2D eigenvalue weighted by atomic mass is 9.44. The van der Waals surface area contributed by atoms with Crippen molar-refractivity contribution in [2.75, 3.05) is 0 Å². The molecule has 0 heterocycles. The first-order chi connectivity index (χ1) is 15.6. The molecular formula is C30H50O3. The smallest absolute Gasteiger partial charge is 0.306 e. The molecule has 0 bridgehead atoms. The zero-order valence-electron chi connectivity index (χ0n) is 22.3. The van der Waals surface area contributed by atoms with E-state index in [4.69, 9.17) is 4.74 Å². The molecule has 0 spiro atoms. The Balaban J connectivity index is 1.48. The van der Waals surface area contributed by atoms with Crippen LogP contribution in [0.2, 0.25) is 0 Å². The Morgan fingerprint density at radius 1 is 1.00 bits per heavy atom. The molecule has 0 radical (unpaired) electrons. The summed E-state index contributed by atoms with van der Waals surface area (Å²) in [7, 11) is 0. The summed E-state index contributed by atoms with van der Waals surface area (Å²) >= 11 is 0. The molecule has 33 heavy (non-hydrogen) atoms. The molecule has 4 aliphatic carbocycles. The largest absolute Gasteiger partial charge is 0.454 e. The summed E-state index contributed by atoms with van der Waals surface area (Å²) in [4.78, 5) is 24.8. The fourth-order valence-electron chi connectivity index (χ4n) is 9.45. The van der Waals surface area contributed by atoms with Crippen LogP contribution in [0.1, 0.15) is 119 Å². The Bertz CT molecular complexity index is 728. The first-order valence-electron chi connectivity index (χ1n) is 14.3. The van der Waals surface area contributed by atoms with Crippen LogP contribution in [0.25, 0.3) is 0 Å². The molecule has 1 unspecified atom stereocenters. The minimum atomic E-state index is -0.497. The lowest BCUT2D eigenvalue weighted by Crippen LogP contribution is -2.56. The van der Waals surface area contributed by atoms with Gasteiger partial charge in [-0.3, -0.25) is 9.59 Å². The van der Waals surface area contributed by atoms with Crippen LogP contribution in [0.15, 0.2) is 0 Å². The number of ketones is 1. The van der Waals surface area contributed by atoms with Gasteiger partial charge in [-0.1, -0.05) is 60.8 Å². The van der Waals surface area contributed by atoms with Crippen LogP contribution in [-0.4, -0.2) is 17.9 Å². The highest BCUT2D eigenvalue weighted by molar-refractivity contribution is 5.86. The van der Waals surface area contributed by atoms with E-state index >= 15 is 0 Å². The van der Waals surface area contributed by atoms with Gasteiger partial charge in [-0.15, -0.1) is 0 Å². The van der Waals surface area contributed by atoms with E-state index in [1.165, 1.54) is 57.8 Å². The van der Waals surface area contributed by atoms with E-state index in [1.54, 1.807) is 0 Å². The van der Waals surface area contributed by atoms with Crippen LogP contribution >= 0.6 is 0 Å². The van der Waals surface area contributed by atoms with Gasteiger partial charge in [0.1, 0.15) is 0 Å². The molecule has 0 saturated heterocycles. The van der Waals surface area contributed by atoms with Crippen molar-refractivity contribution >= 4 is 11.8 Å². The van der Waals surface area contributed by atoms with E-state index in [-0.39, 0.29) is 17.2 Å². The summed E-state index contributed by atoms with van der Waals surface area (Å²) in [6, 6.07) is 0. The highest BCUT2D eigenvalue weighted by Crippen LogP contribution is 2.68. The average molecular weight is 459 g/mol. The van der Waals surface area contributed by atoms with Crippen molar-refractivity contribution in [2.24, 2.45) is 52.3 Å². The predicted molar refractivity (Wildman–Crippen MR) is 134 cm³/mol. The van der Waals surface area contributed by atoms with Crippen LogP contribution < -0.4 is 0 Å². The molecule has 188 valence electrons. The molecule has 0 aromatic heterocycles. The van der Waals surface area contributed by atoms with Crippen LogP contribution in [-0.2, 0) is 14.3 Å². The van der Waals surface area contributed by atoms with Crippen molar-refractivity contribution in [1.82, 2.24) is 0 Å². The predicted octanol–water partition coefficient (Wildman–Crippen LogP) is 7.61. The van der Waals surface area contributed by atoms with Gasteiger partial charge in [0.2, 0.25) is 0 Å². The second-order valence-corrected chi connectivity index (χ2v) is 13.4. The molecule has 9 atom stereocenters. The monoisotopic (exact) mass is 458 g/mol. The highest BCUT2D eigenvalue weighted by Gasteiger charge is 2.61. The molecule has 4 rings (SSSR count). The molecule has 4 aliphatic rings. The molecule has 0 aromatic carbocycles. The summed E-state index contributed by atoms with van der Waals surface area (Å²) in [6.45, 7) is 14.2. The van der Waals surface area contributed by atoms with Crippen molar-refractivity contribution in [2.45, 2.75) is 125 Å². The number of esters is 1. The third-order valence-corrected chi connectivity index (χ3v) is 11.3. The maximum Gasteiger partial charge on any atom is 0.306 e. The first-order valence-corrected chi connectivity index (χ1v) is 14.3. The number of carbonyl (C=O) groups is 2. The summed E-state index contributed by atoms with van der Waals surface area (Å²) < 4.78 is 5.67. The van der Waals surface area contributed by atoms with E-state index in [1.807, 2.05) is 6.92 Å². The van der Waals surface area contributed by atoms with E-state index < -0.39 is 6.10 Å². The number of ether oxygens (including phenoxy) is 1. The highest BCUT2D eigenvalue weighted by atomic mass is 16.5. The van der Waals surface area contributed by atoms with Gasteiger partial charge in [0.05, 0.1) is 0 Å². The third-order valence-electron chi connectivity index (χ3n) is 11.3. The zero-order chi connectivity index (χ0) is 24.0. The Kier molecular flexibility index (Phi) is 7.38. The summed E-state index contributed by atoms with van der Waals surface area (Å²) in [5, 5.41) is 0. The number of hydrogen-bond donors (Lipinski definition) is 0. The van der Waals surface area contributed by atoms with Crippen molar-refractivity contribution in [3.8, 4) is 0 Å². The number of carbonyl (C=O) groups excluding carboxylic acids is 2. The summed E-state index contributed by atoms with van der Waals surface area (Å²) in [5.74, 6) is 5.32. The van der Waals surface area contributed by atoms with E-state index in [0.29, 0.717) is 30.1 Å². The molecule has 0 aliphatic heterocycles. The number of fused-ring (bicyclic) bond motifs is 5. The molecule has 0 N–H and O–H groups in total. The molecular weight excluding hydrogens is 408 g/mol. The third kappa shape index (κ3) is 4.56. The topological polar surface area (TPSA) is 43.4 Å². The van der Waals surface area contributed by atoms with Gasteiger partial charge in [0.15, 0.2) is 11.9 Å². The number of Topliss-reactive ketones (excluding diaryl/α,β-unsaturated/α-hetero) is 1. The van der Waals surface area contributed by atoms with E-state index in [9.17, 15) is 9.59 Å². The van der Waals surface area contributed by atoms with Gasteiger partial charge in [-0.05, 0) is 97.2 Å². The normalized spacial score (nSPS) is 43.5. The van der Waals surface area contributed by atoms with Crippen molar-refractivity contribution < 1.29 is 14.3 Å². The van der Waals surface area contributed by atoms with Crippen LogP contribution in [0.4, 0.5) is 0 Å². The standard InChI is InChI=1S/C30H50O3/c1-7-28(32)33-27-18-30(6)21(17-26(27)31)11-12-22-24-14-13-23(20(4)10-8-9-19(2)3)29(24,5)16-15-25(22)30/h19-25,27H,7-18H2,1-6H3/t20-,21-,22+,23-,24+,25+,27?,29-,30+/m1/s1. The minimum absolute atomic E-state index is 0.151. The zero-order valence-corrected chi connectivity index (χ0v) is 22.3. The van der Waals surface area contributed by atoms with Crippen molar-refractivity contribution in [1.29, 1.82) is 0 Å². The van der Waals surface area contributed by atoms with Crippen molar-refractivity contribution in [3.63, 3.8) is 0 Å². The van der Waals surface area contributed by atoms with Gasteiger partial charge >= 0.3 is 5.97 Å². The van der Waals surface area contributed by atoms with E-state index in [0.717, 1.165) is 36.0 Å². The van der Waals surface area contributed by atoms with Crippen LogP contribution in [0, 0.1) is 52.3 Å². The first kappa shape index (κ1) is 25.2. The Morgan fingerprint density at radius 2 is 1.73 bits per heavy atom. The van der Waals surface area contributed by atoms with Crippen LogP contribution in [0.3, 0.4) is 0 Å². The summed E-state index contributed by atoms with van der Waals surface area (Å²) in [6.07, 6.45) is 13.4. The molecule has 4 fully saturated rings. The van der Waals surface area contributed by atoms with Gasteiger partial charge in [0.25, 0.3) is 0 Å².